The van der Waals surface area contributed by atoms with E-state index in [4.69, 9.17) is 5.73 Å². The van der Waals surface area contributed by atoms with Gasteiger partial charge in [-0.3, -0.25) is 4.90 Å². The summed E-state index contributed by atoms with van der Waals surface area (Å²) in [6.45, 7) is 4.33. The molecule has 0 spiro atoms. The molecule has 1 aliphatic carbocycles. The Morgan fingerprint density at radius 1 is 1.16 bits per heavy atom. The normalized spacial score (nSPS) is 29.2. The van der Waals surface area contributed by atoms with Crippen LogP contribution in [0.25, 0.3) is 0 Å². The van der Waals surface area contributed by atoms with Crippen molar-refractivity contribution in [1.29, 1.82) is 0 Å². The SMILES string of the molecule is Cc1ccccc1C1C(CN)CCCCN1C1CC1. The van der Waals surface area contributed by atoms with Crippen LogP contribution in [0, 0.1) is 12.8 Å². The van der Waals surface area contributed by atoms with E-state index in [0.29, 0.717) is 12.0 Å². The molecule has 1 aromatic rings. The van der Waals surface area contributed by atoms with Crippen molar-refractivity contribution < 1.29 is 0 Å². The predicted molar refractivity (Wildman–Crippen MR) is 80.0 cm³/mol. The molecule has 1 aromatic carbocycles. The van der Waals surface area contributed by atoms with Crippen LogP contribution >= 0.6 is 0 Å². The number of hydrogen-bond acceptors (Lipinski definition) is 2. The summed E-state index contributed by atoms with van der Waals surface area (Å²) < 4.78 is 0. The second-order valence-electron chi connectivity index (χ2n) is 6.26. The first kappa shape index (κ1) is 13.1. The first-order valence-electron chi connectivity index (χ1n) is 7.82. The maximum absolute atomic E-state index is 6.11. The van der Waals surface area contributed by atoms with E-state index < -0.39 is 0 Å². The third kappa shape index (κ3) is 2.70. The molecule has 0 bridgehead atoms. The number of aryl methyl sites for hydroxylation is 1. The molecule has 2 unspecified atom stereocenters. The molecule has 0 amide bonds. The quantitative estimate of drug-likeness (QED) is 0.901. The van der Waals surface area contributed by atoms with Crippen LogP contribution in [0.5, 0.6) is 0 Å². The van der Waals surface area contributed by atoms with E-state index in [1.54, 1.807) is 0 Å². The van der Waals surface area contributed by atoms with Crippen molar-refractivity contribution in [3.05, 3.63) is 35.4 Å². The lowest BCUT2D eigenvalue weighted by molar-refractivity contribution is 0.148. The third-order valence-corrected chi connectivity index (χ3v) is 4.87. The maximum Gasteiger partial charge on any atom is 0.0393 e. The predicted octanol–water partition coefficient (Wildman–Crippen LogP) is 3.26. The highest BCUT2D eigenvalue weighted by molar-refractivity contribution is 5.30. The molecule has 1 aliphatic heterocycles. The molecule has 104 valence electrons. The summed E-state index contributed by atoms with van der Waals surface area (Å²) in [5, 5.41) is 0. The van der Waals surface area contributed by atoms with Gasteiger partial charge in [0.1, 0.15) is 0 Å². The monoisotopic (exact) mass is 258 g/mol. The molecule has 3 rings (SSSR count). The van der Waals surface area contributed by atoms with Gasteiger partial charge in [0.25, 0.3) is 0 Å². The third-order valence-electron chi connectivity index (χ3n) is 4.87. The number of rotatable bonds is 3. The standard InChI is InChI=1S/C17H26N2/c1-13-6-2-3-8-16(13)17-14(12-18)7-4-5-11-19(17)15-9-10-15/h2-3,6,8,14-15,17H,4-5,7,9-12,18H2,1H3. The molecule has 0 radical (unpaired) electrons. The van der Waals surface area contributed by atoms with Gasteiger partial charge in [-0.1, -0.05) is 30.7 Å². The molecule has 2 aliphatic rings. The van der Waals surface area contributed by atoms with Gasteiger partial charge in [-0.2, -0.15) is 0 Å². The summed E-state index contributed by atoms with van der Waals surface area (Å²) in [6.07, 6.45) is 6.75. The van der Waals surface area contributed by atoms with Crippen molar-refractivity contribution >= 4 is 0 Å². The van der Waals surface area contributed by atoms with Gasteiger partial charge in [0.15, 0.2) is 0 Å². The van der Waals surface area contributed by atoms with Crippen molar-refractivity contribution in [2.24, 2.45) is 11.7 Å². The number of nitrogens with two attached hydrogens (primary N) is 1. The summed E-state index contributed by atoms with van der Waals surface area (Å²) in [5.74, 6) is 0.629. The number of nitrogens with zero attached hydrogens (tertiary/aromatic N) is 1. The zero-order valence-electron chi connectivity index (χ0n) is 12.0. The van der Waals surface area contributed by atoms with E-state index in [1.807, 2.05) is 0 Å². The van der Waals surface area contributed by atoms with E-state index >= 15 is 0 Å². The first-order valence-corrected chi connectivity index (χ1v) is 7.82. The van der Waals surface area contributed by atoms with Crippen molar-refractivity contribution in [2.75, 3.05) is 13.1 Å². The maximum atomic E-state index is 6.11. The van der Waals surface area contributed by atoms with Gasteiger partial charge in [-0.15, -0.1) is 0 Å². The zero-order chi connectivity index (χ0) is 13.2. The van der Waals surface area contributed by atoms with Crippen molar-refractivity contribution in [3.63, 3.8) is 0 Å². The minimum Gasteiger partial charge on any atom is -0.330 e. The van der Waals surface area contributed by atoms with Gasteiger partial charge < -0.3 is 5.73 Å². The number of likely N-dealkylation sites (tertiary alicyclic amines) is 1. The molecule has 1 saturated heterocycles. The van der Waals surface area contributed by atoms with Crippen molar-refractivity contribution in [1.82, 2.24) is 4.90 Å². The minimum absolute atomic E-state index is 0.557. The van der Waals surface area contributed by atoms with Crippen LogP contribution in [0.2, 0.25) is 0 Å². The van der Waals surface area contributed by atoms with E-state index in [0.717, 1.165) is 12.6 Å². The fourth-order valence-electron chi connectivity index (χ4n) is 3.68. The highest BCUT2D eigenvalue weighted by Gasteiger charge is 2.39. The Balaban J connectivity index is 1.96. The Morgan fingerprint density at radius 3 is 2.63 bits per heavy atom. The minimum atomic E-state index is 0.557. The van der Waals surface area contributed by atoms with E-state index in [9.17, 15) is 0 Å². The Kier molecular flexibility index (Phi) is 3.90. The lowest BCUT2D eigenvalue weighted by atomic mass is 9.87. The lowest BCUT2D eigenvalue weighted by Gasteiger charge is -2.36. The molecular formula is C17H26N2. The average molecular weight is 258 g/mol. The van der Waals surface area contributed by atoms with Crippen LogP contribution in [0.3, 0.4) is 0 Å². The molecule has 2 fully saturated rings. The van der Waals surface area contributed by atoms with Crippen LogP contribution in [-0.4, -0.2) is 24.0 Å². The summed E-state index contributed by atoms with van der Waals surface area (Å²) >= 11 is 0. The van der Waals surface area contributed by atoms with Gasteiger partial charge in [-0.25, -0.2) is 0 Å². The summed E-state index contributed by atoms with van der Waals surface area (Å²) in [4.78, 5) is 2.77. The molecule has 1 saturated carbocycles. The van der Waals surface area contributed by atoms with Gasteiger partial charge in [0.05, 0.1) is 0 Å². The molecule has 2 atom stereocenters. The summed E-state index contributed by atoms with van der Waals surface area (Å²) in [5.41, 5.74) is 9.06. The van der Waals surface area contributed by atoms with Crippen LogP contribution in [0.15, 0.2) is 24.3 Å². The highest BCUT2D eigenvalue weighted by Crippen LogP contribution is 2.42. The van der Waals surface area contributed by atoms with Crippen LogP contribution < -0.4 is 5.73 Å². The van der Waals surface area contributed by atoms with E-state index in [2.05, 4.69) is 36.1 Å². The Hall–Kier alpha value is -0.860. The van der Waals surface area contributed by atoms with E-state index in [-0.39, 0.29) is 0 Å². The number of hydrogen-bond donors (Lipinski definition) is 1. The molecule has 19 heavy (non-hydrogen) atoms. The summed E-state index contributed by atoms with van der Waals surface area (Å²) in [7, 11) is 0. The second kappa shape index (κ2) is 5.64. The molecule has 2 N–H and O–H groups in total. The van der Waals surface area contributed by atoms with Crippen LogP contribution in [0.1, 0.15) is 49.3 Å². The van der Waals surface area contributed by atoms with Crippen LogP contribution in [-0.2, 0) is 0 Å². The topological polar surface area (TPSA) is 29.3 Å². The molecule has 2 heteroatoms. The smallest absolute Gasteiger partial charge is 0.0393 e. The van der Waals surface area contributed by atoms with Crippen LogP contribution in [0.4, 0.5) is 0 Å². The largest absolute Gasteiger partial charge is 0.330 e. The zero-order valence-corrected chi connectivity index (χ0v) is 12.0. The van der Waals surface area contributed by atoms with Gasteiger partial charge in [0.2, 0.25) is 0 Å². The Morgan fingerprint density at radius 2 is 1.95 bits per heavy atom. The molecular weight excluding hydrogens is 232 g/mol. The lowest BCUT2D eigenvalue weighted by Crippen LogP contribution is -2.37. The molecule has 2 nitrogen and oxygen atoms in total. The van der Waals surface area contributed by atoms with Gasteiger partial charge in [0, 0.05) is 12.1 Å². The van der Waals surface area contributed by atoms with Gasteiger partial charge in [-0.05, 0) is 62.7 Å². The second-order valence-corrected chi connectivity index (χ2v) is 6.26. The molecule has 1 heterocycles. The summed E-state index contributed by atoms with van der Waals surface area (Å²) in [6, 6.07) is 10.3. The fraction of sp³-hybridized carbons (Fsp3) is 0.647. The number of benzene rings is 1. The average Bonchev–Trinajstić information content (AvgIpc) is 3.25. The van der Waals surface area contributed by atoms with Crippen molar-refractivity contribution in [2.45, 2.75) is 51.1 Å². The van der Waals surface area contributed by atoms with E-state index in [1.165, 1.54) is 49.8 Å². The Bertz CT molecular complexity index is 425. The Labute approximate surface area is 117 Å². The fourth-order valence-corrected chi connectivity index (χ4v) is 3.68. The van der Waals surface area contributed by atoms with Crippen molar-refractivity contribution in [3.8, 4) is 0 Å². The highest BCUT2D eigenvalue weighted by atomic mass is 15.2. The van der Waals surface area contributed by atoms with Gasteiger partial charge >= 0.3 is 0 Å². The molecule has 0 aromatic heterocycles. The first-order chi connectivity index (χ1) is 9.31.